The molecular weight excluding hydrogens is 705 g/mol. The van der Waals surface area contributed by atoms with Crippen LogP contribution in [0.2, 0.25) is 0 Å². The van der Waals surface area contributed by atoms with E-state index in [2.05, 4.69) is 203 Å². The van der Waals surface area contributed by atoms with Gasteiger partial charge < -0.3 is 9.80 Å². The van der Waals surface area contributed by atoms with E-state index in [1.54, 1.807) is 0 Å². The molecule has 0 aliphatic carbocycles. The van der Waals surface area contributed by atoms with Crippen molar-refractivity contribution in [2.24, 2.45) is 0 Å². The Balaban J connectivity index is 1.12. The zero-order valence-corrected chi connectivity index (χ0v) is 31.6. The Morgan fingerprint density at radius 1 is 0.379 bits per heavy atom. The molecule has 0 spiro atoms. The number of aromatic nitrogens is 2. The minimum atomic E-state index is -0.0130. The maximum Gasteiger partial charge on any atom is 0.252 e. The van der Waals surface area contributed by atoms with Gasteiger partial charge in [-0.05, 0) is 94.2 Å². The van der Waals surface area contributed by atoms with Crippen LogP contribution in [0.5, 0.6) is 0 Å². The molecule has 0 N–H and O–H groups in total. The van der Waals surface area contributed by atoms with Gasteiger partial charge in [-0.15, -0.1) is 0 Å². The van der Waals surface area contributed by atoms with Gasteiger partial charge in [0.25, 0.3) is 6.71 Å². The fraction of sp³-hybridized carbons (Fsp3) is 0. The van der Waals surface area contributed by atoms with E-state index in [0.29, 0.717) is 0 Å². The van der Waals surface area contributed by atoms with E-state index in [0.717, 1.165) is 62.6 Å². The van der Waals surface area contributed by atoms with Crippen molar-refractivity contribution in [3.8, 4) is 22.4 Å². The largest absolute Gasteiger partial charge is 0.311 e. The Hall–Kier alpha value is -7.70. The number of nitrogens with zero attached hydrogens (tertiary/aromatic N) is 5. The van der Waals surface area contributed by atoms with E-state index in [1.807, 2.05) is 30.6 Å². The molecule has 8 aromatic carbocycles. The molecule has 0 saturated carbocycles. The van der Waals surface area contributed by atoms with Crippen molar-refractivity contribution in [1.82, 2.24) is 9.97 Å². The molecule has 3 heterocycles. The van der Waals surface area contributed by atoms with Gasteiger partial charge in [0.15, 0.2) is 5.82 Å². The van der Waals surface area contributed by atoms with Gasteiger partial charge in [-0.25, -0.2) is 4.98 Å². The van der Waals surface area contributed by atoms with Gasteiger partial charge in [-0.1, -0.05) is 140 Å². The highest BCUT2D eigenvalue weighted by Crippen LogP contribution is 2.45. The van der Waals surface area contributed by atoms with E-state index >= 15 is 0 Å². The first-order chi connectivity index (χ1) is 28.8. The van der Waals surface area contributed by atoms with Crippen molar-refractivity contribution in [1.29, 1.82) is 0 Å². The van der Waals surface area contributed by atoms with Gasteiger partial charge in [-0.2, -0.15) is 0 Å². The number of hydrogen-bond donors (Lipinski definition) is 0. The van der Waals surface area contributed by atoms with Crippen LogP contribution >= 0.6 is 0 Å². The second kappa shape index (κ2) is 14.1. The summed E-state index contributed by atoms with van der Waals surface area (Å²) in [6, 6.07) is 73.5. The summed E-state index contributed by atoms with van der Waals surface area (Å²) in [5.41, 5.74) is 16.8. The van der Waals surface area contributed by atoms with Gasteiger partial charge in [0.1, 0.15) is 0 Å². The molecule has 0 unspecified atom stereocenters. The van der Waals surface area contributed by atoms with E-state index in [9.17, 15) is 0 Å². The minimum Gasteiger partial charge on any atom is -0.311 e. The highest BCUT2D eigenvalue weighted by atomic mass is 15.2. The fourth-order valence-corrected chi connectivity index (χ4v) is 8.76. The van der Waals surface area contributed by atoms with E-state index < -0.39 is 0 Å². The number of para-hydroxylation sites is 3. The van der Waals surface area contributed by atoms with Crippen molar-refractivity contribution in [2.45, 2.75) is 0 Å². The van der Waals surface area contributed by atoms with Crippen LogP contribution in [0.15, 0.2) is 219 Å². The third-order valence-corrected chi connectivity index (χ3v) is 11.3. The second-order valence-electron chi connectivity index (χ2n) is 14.7. The summed E-state index contributed by atoms with van der Waals surface area (Å²) in [6.45, 7) is -0.0130. The Morgan fingerprint density at radius 3 is 1.59 bits per heavy atom. The molecular formula is C52H36BN5. The quantitative estimate of drug-likeness (QED) is 0.152. The SMILES string of the molecule is c1ccc(-c2ccc(N3c4cc(N(c5ccccc5)c5ccccc5)ccc4B4c5ccccc5N(c5cnc(-c6ccccc6)cn5)c5cccc3c54)cc2)cc1. The van der Waals surface area contributed by atoms with E-state index in [-0.39, 0.29) is 6.71 Å². The van der Waals surface area contributed by atoms with Gasteiger partial charge in [0.05, 0.1) is 18.1 Å². The predicted octanol–water partition coefficient (Wildman–Crippen LogP) is 11.4. The van der Waals surface area contributed by atoms with Crippen molar-refractivity contribution in [3.63, 3.8) is 0 Å². The summed E-state index contributed by atoms with van der Waals surface area (Å²) in [7, 11) is 0. The molecule has 1 aromatic heterocycles. The van der Waals surface area contributed by atoms with Crippen LogP contribution in [0.4, 0.5) is 51.3 Å². The van der Waals surface area contributed by atoms with Crippen LogP contribution in [-0.4, -0.2) is 16.7 Å². The van der Waals surface area contributed by atoms with Crippen LogP contribution in [0.1, 0.15) is 0 Å². The number of rotatable bonds is 7. The molecule has 11 rings (SSSR count). The van der Waals surface area contributed by atoms with Crippen molar-refractivity contribution < 1.29 is 0 Å². The van der Waals surface area contributed by atoms with Crippen molar-refractivity contribution >= 4 is 74.4 Å². The molecule has 5 nitrogen and oxygen atoms in total. The van der Waals surface area contributed by atoms with Crippen LogP contribution in [0.25, 0.3) is 22.4 Å². The highest BCUT2D eigenvalue weighted by molar-refractivity contribution is 7.00. The zero-order chi connectivity index (χ0) is 38.4. The maximum absolute atomic E-state index is 5.07. The van der Waals surface area contributed by atoms with Gasteiger partial charge in [0, 0.05) is 51.1 Å². The standard InChI is InChI=1S/C52H36BN5/c1-5-16-37(17-6-1)38-28-30-42(31-29-38)57-48-26-15-27-49-52(48)53(44-24-13-14-25-47(44)58(49)51-36-54-46(35-55-51)39-18-7-2-8-19-39)45-33-32-43(34-50(45)57)56(40-20-9-3-10-21-40)41-22-11-4-12-23-41/h1-36H. The Bertz CT molecular complexity index is 2850. The molecule has 272 valence electrons. The predicted molar refractivity (Wildman–Crippen MR) is 242 cm³/mol. The third kappa shape index (κ3) is 5.65. The summed E-state index contributed by atoms with van der Waals surface area (Å²) >= 11 is 0. The Kier molecular flexibility index (Phi) is 8.18. The molecule has 0 bridgehead atoms. The summed E-state index contributed by atoms with van der Waals surface area (Å²) in [6.07, 6.45) is 3.79. The van der Waals surface area contributed by atoms with Crippen molar-refractivity contribution in [2.75, 3.05) is 14.7 Å². The maximum atomic E-state index is 5.07. The first-order valence-electron chi connectivity index (χ1n) is 19.7. The van der Waals surface area contributed by atoms with Crippen LogP contribution in [0, 0.1) is 0 Å². The zero-order valence-electron chi connectivity index (χ0n) is 31.6. The fourth-order valence-electron chi connectivity index (χ4n) is 8.76. The molecule has 6 heteroatoms. The lowest BCUT2D eigenvalue weighted by molar-refractivity contribution is 1.13. The summed E-state index contributed by atoms with van der Waals surface area (Å²) in [4.78, 5) is 17.1. The average Bonchev–Trinajstić information content (AvgIpc) is 3.30. The summed E-state index contributed by atoms with van der Waals surface area (Å²) in [5, 5.41) is 0. The molecule has 0 radical (unpaired) electrons. The number of anilines is 9. The van der Waals surface area contributed by atoms with Crippen LogP contribution in [-0.2, 0) is 0 Å². The van der Waals surface area contributed by atoms with E-state index in [1.165, 1.54) is 27.5 Å². The molecule has 2 aliphatic rings. The van der Waals surface area contributed by atoms with Crippen LogP contribution in [0.3, 0.4) is 0 Å². The first kappa shape index (κ1) is 33.6. The molecule has 0 atom stereocenters. The topological polar surface area (TPSA) is 35.5 Å². The van der Waals surface area contributed by atoms with Gasteiger partial charge in [0.2, 0.25) is 0 Å². The van der Waals surface area contributed by atoms with Crippen molar-refractivity contribution in [3.05, 3.63) is 219 Å². The molecule has 0 saturated heterocycles. The molecule has 2 aliphatic heterocycles. The first-order valence-corrected chi connectivity index (χ1v) is 19.7. The molecule has 9 aromatic rings. The Labute approximate surface area is 338 Å². The molecule has 0 amide bonds. The van der Waals surface area contributed by atoms with Crippen LogP contribution < -0.4 is 31.1 Å². The lowest BCUT2D eigenvalue weighted by Crippen LogP contribution is -2.61. The number of hydrogen-bond acceptors (Lipinski definition) is 5. The summed E-state index contributed by atoms with van der Waals surface area (Å²) in [5.74, 6) is 0.778. The normalized spacial score (nSPS) is 12.4. The average molecular weight is 742 g/mol. The highest BCUT2D eigenvalue weighted by Gasteiger charge is 2.43. The van der Waals surface area contributed by atoms with Gasteiger partial charge in [-0.3, -0.25) is 9.88 Å². The Morgan fingerprint density at radius 2 is 0.931 bits per heavy atom. The third-order valence-electron chi connectivity index (χ3n) is 11.3. The number of fused-ring (bicyclic) bond motifs is 4. The summed E-state index contributed by atoms with van der Waals surface area (Å²) < 4.78 is 0. The minimum absolute atomic E-state index is 0.0130. The number of benzene rings is 8. The smallest absolute Gasteiger partial charge is 0.252 e. The lowest BCUT2D eigenvalue weighted by Gasteiger charge is -2.44. The lowest BCUT2D eigenvalue weighted by atomic mass is 9.33. The molecule has 58 heavy (non-hydrogen) atoms. The monoisotopic (exact) mass is 741 g/mol. The molecule has 0 fully saturated rings. The van der Waals surface area contributed by atoms with Gasteiger partial charge >= 0.3 is 0 Å². The second-order valence-corrected chi connectivity index (χ2v) is 14.7. The van der Waals surface area contributed by atoms with E-state index in [4.69, 9.17) is 9.97 Å².